The van der Waals surface area contributed by atoms with Crippen LogP contribution in [0.1, 0.15) is 24.1 Å². The molecule has 1 aromatic rings. The first-order chi connectivity index (χ1) is 10.3. The van der Waals surface area contributed by atoms with Crippen LogP contribution in [0.5, 0.6) is 0 Å². The molecule has 6 heteroatoms. The summed E-state index contributed by atoms with van der Waals surface area (Å²) in [5.74, 6) is 0. The largest absolute Gasteiger partial charge is 3.00 e. The molecule has 1 aliphatic rings. The van der Waals surface area contributed by atoms with Gasteiger partial charge in [-0.2, -0.15) is 0 Å². The second-order valence-electron chi connectivity index (χ2n) is 6.05. The molecule has 1 aliphatic heterocycles. The normalized spacial score (nSPS) is 17.1. The Bertz CT molecular complexity index is 411. The molecule has 0 unspecified atom stereocenters. The fourth-order valence-electron chi connectivity index (χ4n) is 2.81. The van der Waals surface area contributed by atoms with Crippen LogP contribution >= 0.6 is 0 Å². The topological polar surface area (TPSA) is 58.7 Å². The van der Waals surface area contributed by atoms with Gasteiger partial charge in [0.25, 0.3) is 0 Å². The summed E-state index contributed by atoms with van der Waals surface area (Å²) in [6, 6.07) is 10.4. The molecule has 126 valence electrons. The van der Waals surface area contributed by atoms with Gasteiger partial charge >= 0.3 is 36.2 Å². The number of ether oxygens (including phenoxy) is 1. The van der Waals surface area contributed by atoms with Crippen molar-refractivity contribution >= 4 is 17.4 Å². The Kier molecular flexibility index (Phi) is 12.6. The maximum atomic E-state index is 9.46. The van der Waals surface area contributed by atoms with Crippen LogP contribution in [0.25, 0.3) is 0 Å². The van der Waals surface area contributed by atoms with Gasteiger partial charge in [0.1, 0.15) is 0 Å². The summed E-state index contributed by atoms with van der Waals surface area (Å²) >= 11 is 0. The minimum atomic E-state index is -0.0370. The van der Waals surface area contributed by atoms with E-state index in [9.17, 15) is 5.11 Å². The third kappa shape index (κ3) is 7.74. The molecule has 1 aromatic carbocycles. The Morgan fingerprint density at radius 2 is 1.83 bits per heavy atom. The first-order valence-corrected chi connectivity index (χ1v) is 7.93. The number of piperidine rings is 1. The molecular formula is C17H32AlLiN2O2. The standard InChI is InChI=1S/C17H28N2O2.Al.Li.4H/c18-14-17(15-20)7-9-19(10-8-17)11-13-21-12-6-16-4-2-1-3-5-16;;;;;;/h1-5,20H,6-15,18H2;;;;;;/q;+3;+1;4*-1. The van der Waals surface area contributed by atoms with E-state index < -0.39 is 0 Å². The second-order valence-corrected chi connectivity index (χ2v) is 6.05. The number of nitrogens with zero attached hydrogens (tertiary/aromatic N) is 1. The van der Waals surface area contributed by atoms with E-state index in [0.717, 1.165) is 52.1 Å². The van der Waals surface area contributed by atoms with Crippen LogP contribution in [0, 0.1) is 5.41 Å². The van der Waals surface area contributed by atoms with E-state index in [4.69, 9.17) is 10.5 Å². The van der Waals surface area contributed by atoms with Gasteiger partial charge in [-0.3, -0.25) is 0 Å². The van der Waals surface area contributed by atoms with Crippen LogP contribution in [0.15, 0.2) is 30.3 Å². The Morgan fingerprint density at radius 3 is 2.39 bits per heavy atom. The zero-order chi connectivity index (χ0) is 15.0. The van der Waals surface area contributed by atoms with E-state index in [1.165, 1.54) is 5.56 Å². The molecule has 1 saturated heterocycles. The minimum Gasteiger partial charge on any atom is -1.00 e. The number of aliphatic hydroxyl groups is 1. The molecule has 23 heavy (non-hydrogen) atoms. The van der Waals surface area contributed by atoms with Gasteiger partial charge in [-0.1, -0.05) is 30.3 Å². The number of aliphatic hydroxyl groups excluding tert-OH is 1. The molecule has 2 rings (SSSR count). The Hall–Kier alpha value is 0.190. The van der Waals surface area contributed by atoms with Crippen molar-refractivity contribution < 1.29 is 34.4 Å². The number of hydrogen-bond acceptors (Lipinski definition) is 4. The molecule has 0 spiro atoms. The van der Waals surface area contributed by atoms with E-state index in [0.29, 0.717) is 6.54 Å². The van der Waals surface area contributed by atoms with Crippen molar-refractivity contribution in [2.45, 2.75) is 19.3 Å². The number of likely N-dealkylation sites (tertiary alicyclic amines) is 1. The molecule has 0 aliphatic carbocycles. The van der Waals surface area contributed by atoms with Gasteiger partial charge in [0.05, 0.1) is 13.2 Å². The van der Waals surface area contributed by atoms with Crippen LogP contribution in [0.2, 0.25) is 0 Å². The summed E-state index contributed by atoms with van der Waals surface area (Å²) in [6.45, 7) is 5.36. The quantitative estimate of drug-likeness (QED) is 0.443. The third-order valence-corrected chi connectivity index (χ3v) is 4.61. The van der Waals surface area contributed by atoms with Crippen molar-refractivity contribution in [1.29, 1.82) is 0 Å². The molecule has 1 fully saturated rings. The van der Waals surface area contributed by atoms with Crippen LogP contribution in [-0.2, 0) is 11.2 Å². The monoisotopic (exact) mass is 330 g/mol. The fourth-order valence-corrected chi connectivity index (χ4v) is 2.81. The smallest absolute Gasteiger partial charge is 1.00 e. The first-order valence-electron chi connectivity index (χ1n) is 7.93. The summed E-state index contributed by atoms with van der Waals surface area (Å²) < 4.78 is 5.73. The van der Waals surface area contributed by atoms with Crippen molar-refractivity contribution in [2.24, 2.45) is 11.1 Å². The maximum Gasteiger partial charge on any atom is 3.00 e. The Morgan fingerprint density at radius 1 is 1.17 bits per heavy atom. The van der Waals surface area contributed by atoms with Crippen molar-refractivity contribution in [1.82, 2.24) is 4.90 Å². The van der Waals surface area contributed by atoms with Crippen molar-refractivity contribution in [3.8, 4) is 0 Å². The number of nitrogens with two attached hydrogens (primary N) is 1. The molecule has 0 aromatic heterocycles. The predicted molar refractivity (Wildman–Crippen MR) is 95.4 cm³/mol. The van der Waals surface area contributed by atoms with E-state index in [1.807, 2.05) is 6.07 Å². The summed E-state index contributed by atoms with van der Waals surface area (Å²) in [4.78, 5) is 2.41. The molecule has 0 amide bonds. The Labute approximate surface area is 169 Å². The first kappa shape index (κ1) is 23.2. The van der Waals surface area contributed by atoms with Crippen LogP contribution in [0.3, 0.4) is 0 Å². The van der Waals surface area contributed by atoms with Gasteiger partial charge in [-0.05, 0) is 37.9 Å². The summed E-state index contributed by atoms with van der Waals surface area (Å²) in [5, 5.41) is 9.46. The average Bonchev–Trinajstić information content (AvgIpc) is 2.56. The van der Waals surface area contributed by atoms with Crippen LogP contribution < -0.4 is 24.6 Å². The van der Waals surface area contributed by atoms with Crippen LogP contribution in [0.4, 0.5) is 0 Å². The average molecular weight is 330 g/mol. The fraction of sp³-hybridized carbons (Fsp3) is 0.647. The van der Waals surface area contributed by atoms with Crippen molar-refractivity contribution in [2.75, 3.05) is 46.0 Å². The van der Waals surface area contributed by atoms with Gasteiger partial charge in [0.2, 0.25) is 0 Å². The number of benzene rings is 1. The van der Waals surface area contributed by atoms with Gasteiger partial charge in [0, 0.05) is 25.1 Å². The predicted octanol–water partition coefficient (Wildman–Crippen LogP) is -1.65. The Balaban J connectivity index is -0.000000269. The maximum absolute atomic E-state index is 9.46. The van der Waals surface area contributed by atoms with Gasteiger partial charge in [-0.15, -0.1) is 0 Å². The minimum absolute atomic E-state index is 0. The number of rotatable bonds is 8. The van der Waals surface area contributed by atoms with E-state index in [-0.39, 0.29) is 54.0 Å². The zero-order valence-electron chi connectivity index (χ0n) is 18.4. The summed E-state index contributed by atoms with van der Waals surface area (Å²) in [7, 11) is 0. The molecule has 0 saturated carbocycles. The third-order valence-electron chi connectivity index (χ3n) is 4.61. The van der Waals surface area contributed by atoms with Gasteiger partial charge < -0.3 is 26.2 Å². The molecule has 4 nitrogen and oxygen atoms in total. The SMILES string of the molecule is NCC1(CO)CCN(CCOCCc2ccccc2)CC1.[Al+3].[H-].[H-].[H-].[H-].[Li+]. The molecular weight excluding hydrogens is 298 g/mol. The molecule has 0 bridgehead atoms. The van der Waals surface area contributed by atoms with Gasteiger partial charge in [0.15, 0.2) is 0 Å². The van der Waals surface area contributed by atoms with E-state index in [1.54, 1.807) is 0 Å². The molecule has 0 radical (unpaired) electrons. The second kappa shape index (κ2) is 12.5. The van der Waals surface area contributed by atoms with Crippen molar-refractivity contribution in [3.05, 3.63) is 35.9 Å². The van der Waals surface area contributed by atoms with E-state index in [2.05, 4.69) is 29.2 Å². The molecule has 3 N–H and O–H groups in total. The summed E-state index contributed by atoms with van der Waals surface area (Å²) in [5.41, 5.74) is 7.07. The molecule has 1 heterocycles. The van der Waals surface area contributed by atoms with Crippen LogP contribution in [-0.4, -0.2) is 73.4 Å². The number of hydrogen-bond donors (Lipinski definition) is 2. The molecule has 0 atom stereocenters. The van der Waals surface area contributed by atoms with Gasteiger partial charge in [-0.25, -0.2) is 0 Å². The zero-order valence-corrected chi connectivity index (χ0v) is 15.6. The van der Waals surface area contributed by atoms with Crippen molar-refractivity contribution in [3.63, 3.8) is 0 Å². The summed E-state index contributed by atoms with van der Waals surface area (Å²) in [6.07, 6.45) is 2.95. The van der Waals surface area contributed by atoms with E-state index >= 15 is 0 Å².